The molecule has 0 aliphatic carbocycles. The highest BCUT2D eigenvalue weighted by atomic mass is 16.5. The third-order valence-electron chi connectivity index (χ3n) is 5.80. The smallest absolute Gasteiger partial charge is 0.254 e. The number of aromatic nitrogens is 1. The first-order chi connectivity index (χ1) is 17.1. The summed E-state index contributed by atoms with van der Waals surface area (Å²) in [6.07, 6.45) is 4.33. The van der Waals surface area contributed by atoms with E-state index in [4.69, 9.17) is 9.47 Å². The highest BCUT2D eigenvalue weighted by molar-refractivity contribution is 5.94. The second-order valence-electron chi connectivity index (χ2n) is 8.48. The average Bonchev–Trinajstić information content (AvgIpc) is 2.90. The van der Waals surface area contributed by atoms with Crippen LogP contribution >= 0.6 is 0 Å². The molecule has 0 unspecified atom stereocenters. The lowest BCUT2D eigenvalue weighted by Gasteiger charge is -2.23. The number of benzene rings is 3. The number of nitrogens with zero attached hydrogens (tertiary/aromatic N) is 2. The van der Waals surface area contributed by atoms with Gasteiger partial charge in [-0.2, -0.15) is 0 Å². The zero-order valence-corrected chi connectivity index (χ0v) is 20.2. The molecule has 35 heavy (non-hydrogen) atoms. The van der Waals surface area contributed by atoms with Crippen molar-refractivity contribution in [2.45, 2.75) is 26.4 Å². The zero-order chi connectivity index (χ0) is 24.5. The summed E-state index contributed by atoms with van der Waals surface area (Å²) in [7, 11) is 1.61. The molecule has 0 aliphatic heterocycles. The molecule has 5 heteroatoms. The van der Waals surface area contributed by atoms with Crippen molar-refractivity contribution in [3.05, 3.63) is 125 Å². The SMILES string of the molecule is COc1ccc(C(=O)N(Cc2ccncc2)Cc2cccc(OCCc3ccc(C)cc3)c2)cc1. The summed E-state index contributed by atoms with van der Waals surface area (Å²) in [4.78, 5) is 19.4. The van der Waals surface area contributed by atoms with Gasteiger partial charge < -0.3 is 14.4 Å². The van der Waals surface area contributed by atoms with E-state index >= 15 is 0 Å². The van der Waals surface area contributed by atoms with Crippen LogP contribution in [0.4, 0.5) is 0 Å². The van der Waals surface area contributed by atoms with Crippen molar-refractivity contribution >= 4 is 5.91 Å². The van der Waals surface area contributed by atoms with Crippen LogP contribution in [0.2, 0.25) is 0 Å². The van der Waals surface area contributed by atoms with E-state index in [2.05, 4.69) is 36.2 Å². The number of amides is 1. The summed E-state index contributed by atoms with van der Waals surface area (Å²) in [5, 5.41) is 0. The molecule has 5 nitrogen and oxygen atoms in total. The number of rotatable bonds is 10. The molecule has 0 atom stereocenters. The van der Waals surface area contributed by atoms with Crippen LogP contribution in [0.5, 0.6) is 11.5 Å². The van der Waals surface area contributed by atoms with Crippen molar-refractivity contribution in [3.63, 3.8) is 0 Å². The summed E-state index contributed by atoms with van der Waals surface area (Å²) in [6.45, 7) is 3.62. The first-order valence-electron chi connectivity index (χ1n) is 11.7. The molecule has 1 amide bonds. The lowest BCUT2D eigenvalue weighted by atomic mass is 10.1. The van der Waals surface area contributed by atoms with E-state index in [1.54, 1.807) is 43.8 Å². The topological polar surface area (TPSA) is 51.7 Å². The van der Waals surface area contributed by atoms with E-state index in [9.17, 15) is 4.79 Å². The number of hydrogen-bond acceptors (Lipinski definition) is 4. The molecule has 4 aromatic rings. The second-order valence-corrected chi connectivity index (χ2v) is 8.48. The van der Waals surface area contributed by atoms with Gasteiger partial charge in [-0.05, 0) is 72.1 Å². The Bertz CT molecular complexity index is 1220. The van der Waals surface area contributed by atoms with Crippen LogP contribution < -0.4 is 9.47 Å². The van der Waals surface area contributed by atoms with Crippen LogP contribution in [0.15, 0.2) is 97.3 Å². The van der Waals surface area contributed by atoms with Crippen LogP contribution in [0.3, 0.4) is 0 Å². The van der Waals surface area contributed by atoms with E-state index < -0.39 is 0 Å². The Hall–Kier alpha value is -4.12. The number of carbonyl (C=O) groups excluding carboxylic acids is 1. The van der Waals surface area contributed by atoms with Gasteiger partial charge in [-0.15, -0.1) is 0 Å². The largest absolute Gasteiger partial charge is 0.497 e. The Labute approximate surface area is 207 Å². The van der Waals surface area contributed by atoms with E-state index in [0.717, 1.165) is 29.0 Å². The zero-order valence-electron chi connectivity index (χ0n) is 20.2. The summed E-state index contributed by atoms with van der Waals surface area (Å²) in [5.41, 5.74) is 5.15. The molecule has 3 aromatic carbocycles. The van der Waals surface area contributed by atoms with Gasteiger partial charge in [0, 0.05) is 37.5 Å². The Kier molecular flexibility index (Phi) is 8.12. The van der Waals surface area contributed by atoms with Gasteiger partial charge in [-0.3, -0.25) is 9.78 Å². The highest BCUT2D eigenvalue weighted by Gasteiger charge is 2.17. The van der Waals surface area contributed by atoms with Gasteiger partial charge in [0.1, 0.15) is 11.5 Å². The van der Waals surface area contributed by atoms with Crippen LogP contribution in [0.25, 0.3) is 0 Å². The molecule has 1 heterocycles. The maximum atomic E-state index is 13.4. The fraction of sp³-hybridized carbons (Fsp3) is 0.200. The molecule has 0 fully saturated rings. The highest BCUT2D eigenvalue weighted by Crippen LogP contribution is 2.20. The third-order valence-corrected chi connectivity index (χ3v) is 5.80. The van der Waals surface area contributed by atoms with Crippen LogP contribution in [-0.2, 0) is 19.5 Å². The molecular weight excluding hydrogens is 436 g/mol. The van der Waals surface area contributed by atoms with Gasteiger partial charge in [-0.25, -0.2) is 0 Å². The van der Waals surface area contributed by atoms with Crippen LogP contribution in [-0.4, -0.2) is 29.5 Å². The normalized spacial score (nSPS) is 10.6. The fourth-order valence-electron chi connectivity index (χ4n) is 3.82. The Morgan fingerprint density at radius 1 is 0.800 bits per heavy atom. The van der Waals surface area contributed by atoms with Crippen molar-refractivity contribution < 1.29 is 14.3 Å². The number of carbonyl (C=O) groups is 1. The summed E-state index contributed by atoms with van der Waals surface area (Å²) < 4.78 is 11.3. The van der Waals surface area contributed by atoms with Crippen molar-refractivity contribution in [3.8, 4) is 11.5 Å². The minimum Gasteiger partial charge on any atom is -0.497 e. The molecule has 1 aromatic heterocycles. The number of ether oxygens (including phenoxy) is 2. The molecule has 0 spiro atoms. The van der Waals surface area contributed by atoms with Gasteiger partial charge >= 0.3 is 0 Å². The van der Waals surface area contributed by atoms with E-state index in [1.807, 2.05) is 41.3 Å². The standard InChI is InChI=1S/C30H30N2O3/c1-23-6-8-24(9-7-23)16-19-35-29-5-3-4-26(20-29)22-32(21-25-14-17-31-18-15-25)30(33)27-10-12-28(34-2)13-11-27/h3-15,17-18,20H,16,19,21-22H2,1-2H3. The number of methoxy groups -OCH3 is 1. The maximum absolute atomic E-state index is 13.4. The van der Waals surface area contributed by atoms with Crippen molar-refractivity contribution in [2.24, 2.45) is 0 Å². The van der Waals surface area contributed by atoms with Gasteiger partial charge in [0.25, 0.3) is 5.91 Å². The van der Waals surface area contributed by atoms with Crippen LogP contribution in [0.1, 0.15) is 32.6 Å². The maximum Gasteiger partial charge on any atom is 0.254 e. The molecule has 4 rings (SSSR count). The lowest BCUT2D eigenvalue weighted by molar-refractivity contribution is 0.0729. The van der Waals surface area contributed by atoms with Gasteiger partial charge in [0.05, 0.1) is 13.7 Å². The molecule has 0 aliphatic rings. The van der Waals surface area contributed by atoms with E-state index in [0.29, 0.717) is 25.3 Å². The molecule has 178 valence electrons. The van der Waals surface area contributed by atoms with E-state index in [-0.39, 0.29) is 5.91 Å². The fourth-order valence-corrected chi connectivity index (χ4v) is 3.82. The molecular formula is C30H30N2O3. The molecule has 0 bridgehead atoms. The summed E-state index contributed by atoms with van der Waals surface area (Å²) >= 11 is 0. The van der Waals surface area contributed by atoms with Gasteiger partial charge in [0.15, 0.2) is 0 Å². The monoisotopic (exact) mass is 466 g/mol. The quantitative estimate of drug-likeness (QED) is 0.294. The lowest BCUT2D eigenvalue weighted by Crippen LogP contribution is -2.30. The number of hydrogen-bond donors (Lipinski definition) is 0. The minimum atomic E-state index is -0.0462. The van der Waals surface area contributed by atoms with Crippen molar-refractivity contribution in [1.82, 2.24) is 9.88 Å². The minimum absolute atomic E-state index is 0.0462. The van der Waals surface area contributed by atoms with E-state index in [1.165, 1.54) is 11.1 Å². The summed E-state index contributed by atoms with van der Waals surface area (Å²) in [6, 6.07) is 27.5. The van der Waals surface area contributed by atoms with Gasteiger partial charge in [0.2, 0.25) is 0 Å². The second kappa shape index (κ2) is 11.8. The van der Waals surface area contributed by atoms with Crippen LogP contribution in [0, 0.1) is 6.92 Å². The molecule has 0 saturated heterocycles. The average molecular weight is 467 g/mol. The van der Waals surface area contributed by atoms with Crippen molar-refractivity contribution in [1.29, 1.82) is 0 Å². The third kappa shape index (κ3) is 6.93. The first kappa shape index (κ1) is 24.0. The number of pyridine rings is 1. The Balaban J connectivity index is 1.46. The predicted octanol–water partition coefficient (Wildman–Crippen LogP) is 5.86. The molecule has 0 saturated carbocycles. The number of aryl methyl sites for hydroxylation is 1. The summed E-state index contributed by atoms with van der Waals surface area (Å²) in [5.74, 6) is 1.48. The van der Waals surface area contributed by atoms with Gasteiger partial charge in [-0.1, -0.05) is 42.0 Å². The molecule has 0 radical (unpaired) electrons. The first-order valence-corrected chi connectivity index (χ1v) is 11.7. The van der Waals surface area contributed by atoms with Crippen molar-refractivity contribution in [2.75, 3.05) is 13.7 Å². The molecule has 0 N–H and O–H groups in total. The Morgan fingerprint density at radius 2 is 1.51 bits per heavy atom. The predicted molar refractivity (Wildman–Crippen MR) is 138 cm³/mol. The Morgan fingerprint density at radius 3 is 2.23 bits per heavy atom.